The zero-order chi connectivity index (χ0) is 21.5. The van der Waals surface area contributed by atoms with Crippen molar-refractivity contribution in [2.24, 2.45) is 5.73 Å². The Labute approximate surface area is 175 Å². The summed E-state index contributed by atoms with van der Waals surface area (Å²) in [6.07, 6.45) is 0. The second kappa shape index (κ2) is 9.76. The lowest BCUT2D eigenvalue weighted by atomic mass is 10.1. The molecule has 0 fully saturated rings. The molecule has 0 spiro atoms. The van der Waals surface area contributed by atoms with Crippen LogP contribution in [0.1, 0.15) is 12.5 Å². The fraction of sp³-hybridized carbons (Fsp3) is 0.174. The van der Waals surface area contributed by atoms with Crippen LogP contribution in [-0.4, -0.2) is 19.7 Å². The van der Waals surface area contributed by atoms with Gasteiger partial charge in [-0.15, -0.1) is 0 Å². The third-order valence-corrected chi connectivity index (χ3v) is 4.50. The van der Waals surface area contributed by atoms with E-state index in [1.54, 1.807) is 25.3 Å². The van der Waals surface area contributed by atoms with Gasteiger partial charge in [-0.2, -0.15) is 0 Å². The average Bonchev–Trinajstić information content (AvgIpc) is 2.75. The number of rotatable bonds is 8. The summed E-state index contributed by atoms with van der Waals surface area (Å²) in [5, 5.41) is 3.07. The van der Waals surface area contributed by atoms with E-state index >= 15 is 0 Å². The van der Waals surface area contributed by atoms with Crippen LogP contribution in [0.4, 0.5) is 15.8 Å². The molecule has 3 rings (SSSR count). The highest BCUT2D eigenvalue weighted by atomic mass is 19.1. The maximum atomic E-state index is 14.1. The number of hydrogen-bond donors (Lipinski definition) is 2. The number of nitrogens with two attached hydrogens (primary N) is 1. The first-order chi connectivity index (χ1) is 14.5. The van der Waals surface area contributed by atoms with Crippen LogP contribution in [0.25, 0.3) is 0 Å². The van der Waals surface area contributed by atoms with Gasteiger partial charge in [0.2, 0.25) is 5.91 Å². The molecule has 30 heavy (non-hydrogen) atoms. The molecule has 0 bridgehead atoms. The molecule has 3 aromatic rings. The summed E-state index contributed by atoms with van der Waals surface area (Å²) < 4.78 is 25.4. The lowest BCUT2D eigenvalue weighted by Crippen LogP contribution is -2.29. The summed E-state index contributed by atoms with van der Waals surface area (Å²) in [6.45, 7) is 1.82. The first kappa shape index (κ1) is 21.1. The van der Waals surface area contributed by atoms with Gasteiger partial charge in [0.15, 0.2) is 5.75 Å². The molecule has 0 aliphatic rings. The van der Waals surface area contributed by atoms with Gasteiger partial charge in [-0.25, -0.2) is 4.39 Å². The van der Waals surface area contributed by atoms with Gasteiger partial charge >= 0.3 is 0 Å². The van der Waals surface area contributed by atoms with Crippen LogP contribution in [0.2, 0.25) is 0 Å². The zero-order valence-electron chi connectivity index (χ0n) is 16.9. The van der Waals surface area contributed by atoms with E-state index in [2.05, 4.69) is 5.32 Å². The van der Waals surface area contributed by atoms with E-state index in [1.807, 2.05) is 30.3 Å². The number of anilines is 2. The molecule has 1 amide bonds. The Morgan fingerprint density at radius 3 is 2.50 bits per heavy atom. The Kier molecular flexibility index (Phi) is 6.87. The van der Waals surface area contributed by atoms with Crippen LogP contribution in [-0.2, 0) is 11.3 Å². The highest BCUT2D eigenvalue weighted by Gasteiger charge is 2.20. The molecule has 3 aromatic carbocycles. The molecule has 0 aliphatic heterocycles. The summed E-state index contributed by atoms with van der Waals surface area (Å²) in [5.74, 6) is 0.855. The minimum absolute atomic E-state index is 0.170. The molecular formula is C23H24FN3O3. The Bertz CT molecular complexity index is 1010. The molecular weight excluding hydrogens is 385 g/mol. The number of para-hydroxylation sites is 1. The number of carbonyl (C=O) groups is 1. The number of carbonyl (C=O) groups excluding carboxylic acids is 1. The minimum atomic E-state index is -0.470. The van der Waals surface area contributed by atoms with Gasteiger partial charge in [0.25, 0.3) is 0 Å². The maximum Gasteiger partial charge on any atom is 0.224 e. The van der Waals surface area contributed by atoms with E-state index in [4.69, 9.17) is 15.2 Å². The number of ether oxygens (including phenoxy) is 2. The van der Waals surface area contributed by atoms with E-state index in [-0.39, 0.29) is 19.1 Å². The molecule has 6 nitrogen and oxygen atoms in total. The lowest BCUT2D eigenvalue weighted by molar-refractivity contribution is -0.116. The van der Waals surface area contributed by atoms with Crippen molar-refractivity contribution in [1.29, 1.82) is 0 Å². The maximum absolute atomic E-state index is 14.1. The normalized spacial score (nSPS) is 10.4. The Hall–Kier alpha value is -3.58. The highest BCUT2D eigenvalue weighted by Crippen LogP contribution is 2.35. The van der Waals surface area contributed by atoms with Crippen molar-refractivity contribution in [3.8, 4) is 17.2 Å². The average molecular weight is 409 g/mol. The standard InChI is InChI=1S/C23H24FN3O3/c1-16(28)27(14-17-12-20(29-2)9-10-21(17)26-15-25)22-13-18(24)8-11-23(22)30-19-6-4-3-5-7-19/h3-13,26H,14-15,25H2,1-2H3. The predicted molar refractivity (Wildman–Crippen MR) is 115 cm³/mol. The van der Waals surface area contributed by atoms with Crippen LogP contribution in [0.5, 0.6) is 17.2 Å². The molecule has 7 heteroatoms. The molecule has 0 radical (unpaired) electrons. The SMILES string of the molecule is COc1ccc(NCN)c(CN(C(C)=O)c2cc(F)ccc2Oc2ccccc2)c1. The van der Waals surface area contributed by atoms with Crippen LogP contribution in [0, 0.1) is 5.82 Å². The van der Waals surface area contributed by atoms with E-state index in [1.165, 1.54) is 30.0 Å². The van der Waals surface area contributed by atoms with Crippen LogP contribution in [0.15, 0.2) is 66.7 Å². The van der Waals surface area contributed by atoms with E-state index < -0.39 is 5.82 Å². The van der Waals surface area contributed by atoms with Crippen molar-refractivity contribution in [1.82, 2.24) is 0 Å². The lowest BCUT2D eigenvalue weighted by Gasteiger charge is -2.25. The van der Waals surface area contributed by atoms with Crippen LogP contribution in [0.3, 0.4) is 0 Å². The summed E-state index contributed by atoms with van der Waals surface area (Å²) in [4.78, 5) is 14.0. The number of benzene rings is 3. The number of nitrogens with zero attached hydrogens (tertiary/aromatic N) is 1. The van der Waals surface area contributed by atoms with Gasteiger partial charge < -0.3 is 25.4 Å². The number of hydrogen-bond acceptors (Lipinski definition) is 5. The van der Waals surface area contributed by atoms with Crippen molar-refractivity contribution in [3.05, 3.63) is 78.1 Å². The molecule has 0 aromatic heterocycles. The van der Waals surface area contributed by atoms with Crippen molar-refractivity contribution < 1.29 is 18.7 Å². The van der Waals surface area contributed by atoms with Gasteiger partial charge in [0, 0.05) is 18.7 Å². The molecule has 0 unspecified atom stereocenters. The summed E-state index contributed by atoms with van der Waals surface area (Å²) in [6, 6.07) is 18.6. The third kappa shape index (κ3) is 5.07. The topological polar surface area (TPSA) is 76.8 Å². The second-order valence-electron chi connectivity index (χ2n) is 6.54. The molecule has 0 saturated carbocycles. The summed E-state index contributed by atoms with van der Waals surface area (Å²) in [7, 11) is 1.57. The zero-order valence-corrected chi connectivity index (χ0v) is 16.9. The quantitative estimate of drug-likeness (QED) is 0.536. The monoisotopic (exact) mass is 409 g/mol. The van der Waals surface area contributed by atoms with Gasteiger partial charge in [0.1, 0.15) is 17.3 Å². The highest BCUT2D eigenvalue weighted by molar-refractivity contribution is 5.93. The van der Waals surface area contributed by atoms with Crippen molar-refractivity contribution in [3.63, 3.8) is 0 Å². The minimum Gasteiger partial charge on any atom is -0.497 e. The predicted octanol–water partition coefficient (Wildman–Crippen LogP) is 4.51. The Morgan fingerprint density at radius 2 is 1.83 bits per heavy atom. The molecule has 156 valence electrons. The molecule has 0 aliphatic carbocycles. The Morgan fingerprint density at radius 1 is 1.07 bits per heavy atom. The first-order valence-corrected chi connectivity index (χ1v) is 9.43. The Balaban J connectivity index is 2.01. The van der Waals surface area contributed by atoms with E-state index in [9.17, 15) is 9.18 Å². The molecule has 0 atom stereocenters. The molecule has 3 N–H and O–H groups in total. The van der Waals surface area contributed by atoms with Crippen molar-refractivity contribution in [2.75, 3.05) is 24.0 Å². The number of nitrogens with one attached hydrogen (secondary N) is 1. The van der Waals surface area contributed by atoms with Crippen LogP contribution < -0.4 is 25.4 Å². The largest absolute Gasteiger partial charge is 0.497 e. The van der Waals surface area contributed by atoms with Crippen molar-refractivity contribution >= 4 is 17.3 Å². The van der Waals surface area contributed by atoms with Gasteiger partial charge in [-0.05, 0) is 48.0 Å². The fourth-order valence-electron chi connectivity index (χ4n) is 3.05. The number of amides is 1. The first-order valence-electron chi connectivity index (χ1n) is 9.43. The smallest absolute Gasteiger partial charge is 0.224 e. The van der Waals surface area contributed by atoms with Crippen molar-refractivity contribution in [2.45, 2.75) is 13.5 Å². The van der Waals surface area contributed by atoms with Gasteiger partial charge in [-0.3, -0.25) is 4.79 Å². The molecule has 0 saturated heterocycles. The summed E-state index contributed by atoms with van der Waals surface area (Å²) >= 11 is 0. The fourth-order valence-corrected chi connectivity index (χ4v) is 3.05. The van der Waals surface area contributed by atoms with E-state index in [0.29, 0.717) is 22.9 Å². The van der Waals surface area contributed by atoms with Crippen LogP contribution >= 0.6 is 0 Å². The summed E-state index contributed by atoms with van der Waals surface area (Å²) in [5.41, 5.74) is 7.49. The number of methoxy groups -OCH3 is 1. The van der Waals surface area contributed by atoms with E-state index in [0.717, 1.165) is 11.3 Å². The number of halogens is 1. The van der Waals surface area contributed by atoms with Gasteiger partial charge in [0.05, 0.1) is 26.0 Å². The molecule has 0 heterocycles. The third-order valence-electron chi connectivity index (χ3n) is 4.50. The second-order valence-corrected chi connectivity index (χ2v) is 6.54. The van der Waals surface area contributed by atoms with Gasteiger partial charge in [-0.1, -0.05) is 18.2 Å².